The number of hydrogen-bond donors (Lipinski definition) is 0. The van der Waals surface area contributed by atoms with Crippen molar-refractivity contribution >= 4 is 23.2 Å². The van der Waals surface area contributed by atoms with E-state index in [1.54, 1.807) is 18.2 Å². The molecule has 0 nitrogen and oxygen atoms in total. The summed E-state index contributed by atoms with van der Waals surface area (Å²) < 4.78 is 13.7. The second kappa shape index (κ2) is 6.06. The van der Waals surface area contributed by atoms with Crippen LogP contribution in [0.1, 0.15) is 37.7 Å². The zero-order chi connectivity index (χ0) is 12.3. The first-order valence-electron chi connectivity index (χ1n) is 6.25. The van der Waals surface area contributed by atoms with E-state index < -0.39 is 0 Å². The third-order valence-electron chi connectivity index (χ3n) is 3.63. The van der Waals surface area contributed by atoms with Gasteiger partial charge in [-0.1, -0.05) is 36.6 Å². The standard InChI is InChI=1S/C14H17Cl2F/c15-12(10-4-1-2-5-10)9-8-11-6-3-7-13(16)14(11)17/h3,6-7,10,12H,1-2,4-5,8-9H2. The van der Waals surface area contributed by atoms with Gasteiger partial charge in [-0.15, -0.1) is 11.6 Å². The predicted octanol–water partition coefficient (Wildman–Crippen LogP) is 5.21. The zero-order valence-electron chi connectivity index (χ0n) is 9.76. The Kier molecular flexibility index (Phi) is 4.69. The number of rotatable bonds is 4. The van der Waals surface area contributed by atoms with Crippen molar-refractivity contribution in [2.75, 3.05) is 0 Å². The molecule has 0 spiro atoms. The molecule has 0 heterocycles. The number of alkyl halides is 1. The van der Waals surface area contributed by atoms with Gasteiger partial charge in [0.15, 0.2) is 0 Å². The Labute approximate surface area is 112 Å². The molecular formula is C14H17Cl2F. The van der Waals surface area contributed by atoms with Crippen LogP contribution in [0.3, 0.4) is 0 Å². The van der Waals surface area contributed by atoms with Gasteiger partial charge in [0.25, 0.3) is 0 Å². The average Bonchev–Trinajstić information content (AvgIpc) is 2.84. The molecule has 0 aromatic heterocycles. The van der Waals surface area contributed by atoms with Crippen molar-refractivity contribution in [3.05, 3.63) is 34.6 Å². The van der Waals surface area contributed by atoms with Crippen LogP contribution in [0.5, 0.6) is 0 Å². The Morgan fingerprint density at radius 2 is 2.00 bits per heavy atom. The molecule has 1 aromatic carbocycles. The normalized spacial score (nSPS) is 18.5. The van der Waals surface area contributed by atoms with Crippen molar-refractivity contribution in [2.45, 2.75) is 43.9 Å². The number of aryl methyl sites for hydroxylation is 1. The summed E-state index contributed by atoms with van der Waals surface area (Å²) in [6.07, 6.45) is 6.55. The predicted molar refractivity (Wildman–Crippen MR) is 71.3 cm³/mol. The Morgan fingerprint density at radius 3 is 2.71 bits per heavy atom. The number of hydrogen-bond acceptors (Lipinski definition) is 0. The lowest BCUT2D eigenvalue weighted by Gasteiger charge is -2.16. The summed E-state index contributed by atoms with van der Waals surface area (Å²) in [6.45, 7) is 0. The molecule has 0 N–H and O–H groups in total. The molecule has 2 rings (SSSR count). The number of benzene rings is 1. The Bertz CT molecular complexity index is 372. The molecule has 0 aliphatic heterocycles. The highest BCUT2D eigenvalue weighted by atomic mass is 35.5. The second-order valence-corrected chi connectivity index (χ2v) is 5.78. The van der Waals surface area contributed by atoms with Gasteiger partial charge in [0.05, 0.1) is 5.02 Å². The van der Waals surface area contributed by atoms with Gasteiger partial charge >= 0.3 is 0 Å². The van der Waals surface area contributed by atoms with Crippen LogP contribution in [0, 0.1) is 11.7 Å². The third kappa shape index (κ3) is 3.35. The molecule has 0 bridgehead atoms. The second-order valence-electron chi connectivity index (χ2n) is 4.81. The largest absolute Gasteiger partial charge is 0.205 e. The van der Waals surface area contributed by atoms with E-state index in [1.807, 2.05) is 0 Å². The van der Waals surface area contributed by atoms with Gasteiger partial charge in [0.1, 0.15) is 5.82 Å². The number of halogens is 3. The summed E-state index contributed by atoms with van der Waals surface area (Å²) in [7, 11) is 0. The van der Waals surface area contributed by atoms with Gasteiger partial charge in [-0.2, -0.15) is 0 Å². The third-order valence-corrected chi connectivity index (χ3v) is 4.50. The van der Waals surface area contributed by atoms with Gasteiger partial charge < -0.3 is 0 Å². The van der Waals surface area contributed by atoms with Crippen LogP contribution in [-0.2, 0) is 6.42 Å². The first kappa shape index (κ1) is 13.2. The average molecular weight is 275 g/mol. The first-order chi connectivity index (χ1) is 8.18. The maximum absolute atomic E-state index is 13.7. The van der Waals surface area contributed by atoms with Crippen molar-refractivity contribution < 1.29 is 4.39 Å². The highest BCUT2D eigenvalue weighted by Gasteiger charge is 2.23. The van der Waals surface area contributed by atoms with Gasteiger partial charge in [0.2, 0.25) is 0 Å². The molecule has 1 aliphatic carbocycles. The zero-order valence-corrected chi connectivity index (χ0v) is 11.3. The van der Waals surface area contributed by atoms with E-state index in [4.69, 9.17) is 23.2 Å². The van der Waals surface area contributed by atoms with Crippen molar-refractivity contribution in [3.8, 4) is 0 Å². The highest BCUT2D eigenvalue weighted by molar-refractivity contribution is 6.30. The summed E-state index contributed by atoms with van der Waals surface area (Å²) in [4.78, 5) is 0. The van der Waals surface area contributed by atoms with Crippen LogP contribution < -0.4 is 0 Å². The first-order valence-corrected chi connectivity index (χ1v) is 7.07. The smallest absolute Gasteiger partial charge is 0.144 e. The van der Waals surface area contributed by atoms with Crippen molar-refractivity contribution in [1.29, 1.82) is 0 Å². The lowest BCUT2D eigenvalue weighted by atomic mass is 9.97. The molecule has 17 heavy (non-hydrogen) atoms. The topological polar surface area (TPSA) is 0 Å². The van der Waals surface area contributed by atoms with Crippen LogP contribution in [0.25, 0.3) is 0 Å². The molecule has 1 fully saturated rings. The van der Waals surface area contributed by atoms with Gasteiger partial charge in [0, 0.05) is 5.38 Å². The minimum Gasteiger partial charge on any atom is -0.205 e. The monoisotopic (exact) mass is 274 g/mol. The van der Waals surface area contributed by atoms with Crippen molar-refractivity contribution in [3.63, 3.8) is 0 Å². The summed E-state index contributed by atoms with van der Waals surface area (Å²) in [5.74, 6) is 0.336. The van der Waals surface area contributed by atoms with Gasteiger partial charge in [-0.25, -0.2) is 4.39 Å². The Balaban J connectivity index is 1.90. The minimum atomic E-state index is -0.288. The molecule has 1 aliphatic rings. The molecule has 1 aromatic rings. The van der Waals surface area contributed by atoms with E-state index in [-0.39, 0.29) is 16.2 Å². The molecule has 0 radical (unpaired) electrons. The lowest BCUT2D eigenvalue weighted by Crippen LogP contribution is -2.12. The summed E-state index contributed by atoms with van der Waals surface area (Å²) in [6, 6.07) is 5.16. The fourth-order valence-corrected chi connectivity index (χ4v) is 3.14. The quantitative estimate of drug-likeness (QED) is 0.662. The Morgan fingerprint density at radius 1 is 1.29 bits per heavy atom. The molecule has 0 saturated heterocycles. The summed E-state index contributed by atoms with van der Waals surface area (Å²) in [5.41, 5.74) is 0.682. The van der Waals surface area contributed by atoms with Gasteiger partial charge in [-0.3, -0.25) is 0 Å². The van der Waals surface area contributed by atoms with Crippen LogP contribution in [0.2, 0.25) is 5.02 Å². The van der Waals surface area contributed by atoms with E-state index >= 15 is 0 Å². The molecule has 1 unspecified atom stereocenters. The van der Waals surface area contributed by atoms with Crippen LogP contribution in [0.15, 0.2) is 18.2 Å². The highest BCUT2D eigenvalue weighted by Crippen LogP contribution is 2.33. The van der Waals surface area contributed by atoms with Crippen LogP contribution in [-0.4, -0.2) is 5.38 Å². The summed E-state index contributed by atoms with van der Waals surface area (Å²) in [5, 5.41) is 0.380. The lowest BCUT2D eigenvalue weighted by molar-refractivity contribution is 0.488. The van der Waals surface area contributed by atoms with Gasteiger partial charge in [-0.05, 0) is 43.2 Å². The molecular weight excluding hydrogens is 258 g/mol. The fourth-order valence-electron chi connectivity index (χ4n) is 2.59. The molecule has 0 amide bonds. The SMILES string of the molecule is Fc1c(Cl)cccc1CCC(Cl)C1CCCC1. The van der Waals surface area contributed by atoms with E-state index in [2.05, 4.69) is 0 Å². The molecule has 1 atom stereocenters. The fraction of sp³-hybridized carbons (Fsp3) is 0.571. The maximum atomic E-state index is 13.7. The van der Waals surface area contributed by atoms with E-state index in [0.29, 0.717) is 17.9 Å². The maximum Gasteiger partial charge on any atom is 0.144 e. The van der Waals surface area contributed by atoms with Crippen LogP contribution in [0.4, 0.5) is 4.39 Å². The van der Waals surface area contributed by atoms with Crippen LogP contribution >= 0.6 is 23.2 Å². The minimum absolute atomic E-state index is 0.177. The summed E-state index contributed by atoms with van der Waals surface area (Å²) >= 11 is 12.1. The van der Waals surface area contributed by atoms with E-state index in [9.17, 15) is 4.39 Å². The van der Waals surface area contributed by atoms with Crippen molar-refractivity contribution in [2.24, 2.45) is 5.92 Å². The van der Waals surface area contributed by atoms with E-state index in [0.717, 1.165) is 6.42 Å². The van der Waals surface area contributed by atoms with Crippen molar-refractivity contribution in [1.82, 2.24) is 0 Å². The molecule has 94 valence electrons. The Hall–Kier alpha value is -0.270. The molecule has 3 heteroatoms. The van der Waals surface area contributed by atoms with E-state index in [1.165, 1.54) is 25.7 Å². The molecule has 1 saturated carbocycles.